The number of hydrogen-bond acceptors (Lipinski definition) is 3. The van der Waals surface area contributed by atoms with Crippen LogP contribution in [0, 0.1) is 0 Å². The van der Waals surface area contributed by atoms with Crippen LogP contribution in [0.3, 0.4) is 0 Å². The molecule has 0 fully saturated rings. The molecule has 2 aromatic rings. The van der Waals surface area contributed by atoms with Crippen molar-refractivity contribution in [3.63, 3.8) is 0 Å². The van der Waals surface area contributed by atoms with Gasteiger partial charge in [-0.05, 0) is 73.1 Å². The third-order valence-corrected chi connectivity index (χ3v) is 7.37. The number of anilines is 1. The van der Waals surface area contributed by atoms with E-state index in [1.165, 1.54) is 5.56 Å². The maximum atomic E-state index is 13.4. The number of nitrogens with zero attached hydrogens (tertiary/aromatic N) is 1. The SMILES string of the molecule is C=C(Nc1cc(C(F)(F)F)cc(C(F)(F)F)c1)C1=C(C/C=C\C(=C/C)NCC)CC(c2ccc(C(C)(C)CC)cc2)=N1. The maximum absolute atomic E-state index is 13.4. The minimum atomic E-state index is -4.96. The van der Waals surface area contributed by atoms with Crippen LogP contribution in [-0.4, -0.2) is 12.3 Å². The predicted octanol–water partition coefficient (Wildman–Crippen LogP) is 9.94. The van der Waals surface area contributed by atoms with Crippen molar-refractivity contribution in [1.29, 1.82) is 0 Å². The number of alkyl halides is 6. The Kier molecular flexibility index (Phi) is 10.2. The highest BCUT2D eigenvalue weighted by Gasteiger charge is 2.37. The average Bonchev–Trinajstić information content (AvgIpc) is 3.36. The summed E-state index contributed by atoms with van der Waals surface area (Å²) in [6.07, 6.45) is -2.23. The lowest BCUT2D eigenvalue weighted by molar-refractivity contribution is -0.143. The van der Waals surface area contributed by atoms with Crippen molar-refractivity contribution >= 4 is 11.4 Å². The lowest BCUT2D eigenvalue weighted by atomic mass is 9.82. The van der Waals surface area contributed by atoms with Crippen molar-refractivity contribution in [3.8, 4) is 0 Å². The van der Waals surface area contributed by atoms with Crippen LogP contribution in [0.2, 0.25) is 0 Å². The normalized spacial score (nSPS) is 14.9. The molecule has 1 heterocycles. The molecule has 0 amide bonds. The lowest BCUT2D eigenvalue weighted by Crippen LogP contribution is -2.15. The van der Waals surface area contributed by atoms with Gasteiger partial charge in [0.2, 0.25) is 0 Å². The Morgan fingerprint density at radius 1 is 0.929 bits per heavy atom. The van der Waals surface area contributed by atoms with Gasteiger partial charge in [0.25, 0.3) is 0 Å². The van der Waals surface area contributed by atoms with Crippen LogP contribution in [0.25, 0.3) is 0 Å². The fourth-order valence-corrected chi connectivity index (χ4v) is 4.52. The first kappa shape index (κ1) is 32.8. The Morgan fingerprint density at radius 2 is 1.52 bits per heavy atom. The van der Waals surface area contributed by atoms with Crippen LogP contribution in [0.15, 0.2) is 94.9 Å². The summed E-state index contributed by atoms with van der Waals surface area (Å²) in [4.78, 5) is 4.77. The molecule has 0 atom stereocenters. The summed E-state index contributed by atoms with van der Waals surface area (Å²) in [5, 5.41) is 5.90. The van der Waals surface area contributed by atoms with Crippen LogP contribution in [-0.2, 0) is 17.8 Å². The molecule has 2 N–H and O–H groups in total. The predicted molar refractivity (Wildman–Crippen MR) is 158 cm³/mol. The Hall–Kier alpha value is -3.75. The van der Waals surface area contributed by atoms with Gasteiger partial charge in [-0.25, -0.2) is 0 Å². The van der Waals surface area contributed by atoms with E-state index in [1.807, 2.05) is 44.2 Å². The number of nitrogens with one attached hydrogen (secondary N) is 2. The first-order valence-corrected chi connectivity index (χ1v) is 13.8. The van der Waals surface area contributed by atoms with E-state index in [1.54, 1.807) is 0 Å². The molecule has 0 unspecified atom stereocenters. The number of allylic oxidation sites excluding steroid dienone is 4. The molecule has 226 valence electrons. The van der Waals surface area contributed by atoms with E-state index in [4.69, 9.17) is 4.99 Å². The fraction of sp³-hybridized carbons (Fsp3) is 0.364. The van der Waals surface area contributed by atoms with Gasteiger partial charge in [0.1, 0.15) is 0 Å². The van der Waals surface area contributed by atoms with E-state index in [0.717, 1.165) is 35.5 Å². The monoisotopic (exact) mass is 589 g/mol. The van der Waals surface area contributed by atoms with Gasteiger partial charge in [0.05, 0.1) is 28.2 Å². The molecular formula is C33H37F6N3. The fourth-order valence-electron chi connectivity index (χ4n) is 4.52. The van der Waals surface area contributed by atoms with E-state index in [2.05, 4.69) is 50.1 Å². The Balaban J connectivity index is 1.98. The largest absolute Gasteiger partial charge is 0.416 e. The van der Waals surface area contributed by atoms with Gasteiger partial charge in [-0.15, -0.1) is 0 Å². The summed E-state index contributed by atoms with van der Waals surface area (Å²) in [6.45, 7) is 15.0. The van der Waals surface area contributed by atoms with Gasteiger partial charge in [0, 0.05) is 24.4 Å². The van der Waals surface area contributed by atoms with Gasteiger partial charge >= 0.3 is 12.4 Å². The third kappa shape index (κ3) is 8.17. The highest BCUT2D eigenvalue weighted by Crippen LogP contribution is 2.39. The summed E-state index contributed by atoms with van der Waals surface area (Å²) in [5.41, 5.74) is 1.92. The highest BCUT2D eigenvalue weighted by atomic mass is 19.4. The highest BCUT2D eigenvalue weighted by molar-refractivity contribution is 6.04. The van der Waals surface area contributed by atoms with Crippen LogP contribution in [0.1, 0.15) is 76.1 Å². The number of hydrogen-bond donors (Lipinski definition) is 2. The number of rotatable bonds is 11. The first-order chi connectivity index (χ1) is 19.6. The van der Waals surface area contributed by atoms with E-state index in [9.17, 15) is 26.3 Å². The minimum Gasteiger partial charge on any atom is -0.386 e. The zero-order valence-electron chi connectivity index (χ0n) is 24.5. The first-order valence-electron chi connectivity index (χ1n) is 13.8. The molecule has 1 aliphatic rings. The summed E-state index contributed by atoms with van der Waals surface area (Å²) < 4.78 is 80.5. The van der Waals surface area contributed by atoms with Gasteiger partial charge in [-0.3, -0.25) is 4.99 Å². The smallest absolute Gasteiger partial charge is 0.386 e. The number of halogens is 6. The molecule has 0 saturated carbocycles. The molecule has 0 aliphatic carbocycles. The Labute approximate surface area is 243 Å². The average molecular weight is 590 g/mol. The van der Waals surface area contributed by atoms with Crippen LogP contribution < -0.4 is 10.6 Å². The van der Waals surface area contributed by atoms with Gasteiger partial charge in [-0.1, -0.05) is 63.8 Å². The molecule has 0 saturated heterocycles. The molecule has 0 aromatic heterocycles. The second-order valence-corrected chi connectivity index (χ2v) is 10.8. The number of benzene rings is 2. The van der Waals surface area contributed by atoms with E-state index in [0.29, 0.717) is 30.7 Å². The lowest BCUT2D eigenvalue weighted by Gasteiger charge is -2.23. The zero-order valence-corrected chi connectivity index (χ0v) is 24.5. The molecule has 1 aliphatic heterocycles. The second kappa shape index (κ2) is 13.0. The molecule has 0 spiro atoms. The zero-order chi connectivity index (χ0) is 31.3. The molecule has 0 radical (unpaired) electrons. The van der Waals surface area contributed by atoms with Gasteiger partial charge in [-0.2, -0.15) is 26.3 Å². The summed E-state index contributed by atoms with van der Waals surface area (Å²) in [6, 6.07) is 9.48. The summed E-state index contributed by atoms with van der Waals surface area (Å²) in [7, 11) is 0. The topological polar surface area (TPSA) is 36.4 Å². The van der Waals surface area contributed by atoms with E-state index >= 15 is 0 Å². The third-order valence-electron chi connectivity index (χ3n) is 7.37. The minimum absolute atomic E-state index is 0.00480. The summed E-state index contributed by atoms with van der Waals surface area (Å²) >= 11 is 0. The van der Waals surface area contributed by atoms with Crippen molar-refractivity contribution in [1.82, 2.24) is 5.32 Å². The van der Waals surface area contributed by atoms with E-state index < -0.39 is 23.5 Å². The molecular weight excluding hydrogens is 552 g/mol. The van der Waals surface area contributed by atoms with Gasteiger partial charge in [0.15, 0.2) is 0 Å². The van der Waals surface area contributed by atoms with Crippen molar-refractivity contribution in [2.75, 3.05) is 11.9 Å². The van der Waals surface area contributed by atoms with Crippen molar-refractivity contribution in [3.05, 3.63) is 112 Å². The molecule has 2 aromatic carbocycles. The molecule has 3 nitrogen and oxygen atoms in total. The summed E-state index contributed by atoms with van der Waals surface area (Å²) in [5.74, 6) is 0. The maximum Gasteiger partial charge on any atom is 0.416 e. The number of likely N-dealkylation sites (N-methyl/N-ethyl adjacent to an activating group) is 1. The van der Waals surface area contributed by atoms with Crippen LogP contribution >= 0.6 is 0 Å². The molecule has 9 heteroatoms. The van der Waals surface area contributed by atoms with Crippen LogP contribution in [0.4, 0.5) is 32.0 Å². The van der Waals surface area contributed by atoms with Crippen molar-refractivity contribution in [2.45, 2.75) is 71.6 Å². The van der Waals surface area contributed by atoms with Gasteiger partial charge < -0.3 is 10.6 Å². The molecule has 42 heavy (non-hydrogen) atoms. The number of aliphatic imine (C=N–C) groups is 1. The van der Waals surface area contributed by atoms with Crippen LogP contribution in [0.5, 0.6) is 0 Å². The Bertz CT molecular complexity index is 1370. The second-order valence-electron chi connectivity index (χ2n) is 10.8. The molecule has 0 bridgehead atoms. The van der Waals surface area contributed by atoms with E-state index in [-0.39, 0.29) is 22.9 Å². The Morgan fingerprint density at radius 3 is 2.02 bits per heavy atom. The standard InChI is InChI=1S/C33H37F6N3/c1-7-27(40-9-3)12-10-11-23-17-29(22-13-15-24(16-14-22)31(5,6)8-2)42-30(23)21(4)41-28-19-25(32(34,35)36)18-26(20-28)33(37,38)39/h7,10,12-16,18-20,40-41H,4,8-9,11,17H2,1-3,5-6H3/b12-10-,27-7+. The van der Waals surface area contributed by atoms with Crippen molar-refractivity contribution < 1.29 is 26.3 Å². The quantitative estimate of drug-likeness (QED) is 0.202. The van der Waals surface area contributed by atoms with Crippen molar-refractivity contribution in [2.24, 2.45) is 4.99 Å². The molecule has 3 rings (SSSR count).